The van der Waals surface area contributed by atoms with Gasteiger partial charge in [0, 0.05) is 11.6 Å². The Balaban J connectivity index is 1.49. The summed E-state index contributed by atoms with van der Waals surface area (Å²) < 4.78 is 30.5. The number of amides is 1. The van der Waals surface area contributed by atoms with Crippen LogP contribution in [0.3, 0.4) is 0 Å². The Morgan fingerprint density at radius 1 is 1.06 bits per heavy atom. The van der Waals surface area contributed by atoms with Gasteiger partial charge in [-0.2, -0.15) is 0 Å². The number of rotatable bonds is 7. The molecule has 164 valence electrons. The number of hydrogen-bond acceptors (Lipinski definition) is 5. The van der Waals surface area contributed by atoms with Gasteiger partial charge in [-0.3, -0.25) is 4.79 Å². The number of ether oxygens (including phenoxy) is 1. The molecule has 2 N–H and O–H groups in total. The number of imidazole rings is 1. The number of nitrogens with zero attached hydrogens (tertiary/aromatic N) is 1. The van der Waals surface area contributed by atoms with Gasteiger partial charge in [0.25, 0.3) is 5.91 Å². The second-order valence-corrected chi connectivity index (χ2v) is 9.46. The number of H-pyrrole nitrogens is 1. The van der Waals surface area contributed by atoms with Gasteiger partial charge in [0.05, 0.1) is 34.8 Å². The van der Waals surface area contributed by atoms with Crippen molar-refractivity contribution in [1.82, 2.24) is 15.3 Å². The van der Waals surface area contributed by atoms with Gasteiger partial charge in [0.2, 0.25) is 0 Å². The SMILES string of the molecule is COc1ccc2nc([C@@H](C)NC(=O)c3cccc(CS(=O)(=O)c4ccccc4)c3)[nH]c2c1. The fourth-order valence-corrected chi connectivity index (χ4v) is 4.78. The number of fused-ring (bicyclic) bond motifs is 1. The lowest BCUT2D eigenvalue weighted by molar-refractivity contribution is 0.0938. The fraction of sp³-hybridized carbons (Fsp3) is 0.167. The van der Waals surface area contributed by atoms with Crippen LogP contribution in [0.15, 0.2) is 77.7 Å². The number of carbonyl (C=O) groups is 1. The first-order chi connectivity index (χ1) is 15.4. The molecule has 0 spiro atoms. The minimum atomic E-state index is -3.50. The third-order valence-corrected chi connectivity index (χ3v) is 6.82. The summed E-state index contributed by atoms with van der Waals surface area (Å²) in [6.45, 7) is 1.83. The van der Waals surface area contributed by atoms with E-state index in [4.69, 9.17) is 4.74 Å². The first-order valence-electron chi connectivity index (χ1n) is 10.1. The lowest BCUT2D eigenvalue weighted by Crippen LogP contribution is -2.27. The molecule has 1 atom stereocenters. The van der Waals surface area contributed by atoms with Gasteiger partial charge in [0.15, 0.2) is 9.84 Å². The molecule has 4 aromatic rings. The zero-order valence-corrected chi connectivity index (χ0v) is 18.5. The topological polar surface area (TPSA) is 101 Å². The Hall–Kier alpha value is -3.65. The summed E-state index contributed by atoms with van der Waals surface area (Å²) in [6, 6.07) is 20.1. The van der Waals surface area contributed by atoms with Crippen LogP contribution < -0.4 is 10.1 Å². The van der Waals surface area contributed by atoms with Crippen LogP contribution in [0.25, 0.3) is 11.0 Å². The summed E-state index contributed by atoms with van der Waals surface area (Å²) in [5.74, 6) is 0.838. The molecule has 8 heteroatoms. The van der Waals surface area contributed by atoms with Gasteiger partial charge in [-0.25, -0.2) is 13.4 Å². The molecule has 0 unspecified atom stereocenters. The number of nitrogens with one attached hydrogen (secondary N) is 2. The molecule has 32 heavy (non-hydrogen) atoms. The van der Waals surface area contributed by atoms with Crippen molar-refractivity contribution < 1.29 is 17.9 Å². The molecule has 0 saturated heterocycles. The summed E-state index contributed by atoms with van der Waals surface area (Å²) in [6.07, 6.45) is 0. The Morgan fingerprint density at radius 3 is 2.59 bits per heavy atom. The van der Waals surface area contributed by atoms with Gasteiger partial charge in [-0.15, -0.1) is 0 Å². The van der Waals surface area contributed by atoms with Crippen molar-refractivity contribution in [2.45, 2.75) is 23.6 Å². The minimum Gasteiger partial charge on any atom is -0.497 e. The summed E-state index contributed by atoms with van der Waals surface area (Å²) in [7, 11) is -1.90. The Labute approximate surface area is 186 Å². The zero-order chi connectivity index (χ0) is 22.7. The normalized spacial score (nSPS) is 12.4. The molecule has 1 aromatic heterocycles. The Kier molecular flexibility index (Phi) is 5.96. The van der Waals surface area contributed by atoms with E-state index in [1.165, 1.54) is 0 Å². The molecule has 0 bridgehead atoms. The highest BCUT2D eigenvalue weighted by atomic mass is 32.2. The number of methoxy groups -OCH3 is 1. The molecule has 0 aliphatic rings. The monoisotopic (exact) mass is 449 g/mol. The van der Waals surface area contributed by atoms with E-state index in [9.17, 15) is 13.2 Å². The summed E-state index contributed by atoms with van der Waals surface area (Å²) in [5, 5.41) is 2.91. The molecule has 7 nitrogen and oxygen atoms in total. The van der Waals surface area contributed by atoms with Crippen molar-refractivity contribution >= 4 is 26.8 Å². The predicted octanol–water partition coefficient (Wildman–Crippen LogP) is 4.04. The molecule has 0 aliphatic heterocycles. The maximum atomic E-state index is 12.8. The van der Waals surface area contributed by atoms with Crippen LogP contribution in [0.4, 0.5) is 0 Å². The maximum Gasteiger partial charge on any atom is 0.251 e. The van der Waals surface area contributed by atoms with Crippen LogP contribution in [0.1, 0.15) is 34.7 Å². The van der Waals surface area contributed by atoms with E-state index in [2.05, 4.69) is 15.3 Å². The molecule has 0 fully saturated rings. The van der Waals surface area contributed by atoms with Crippen LogP contribution in [-0.4, -0.2) is 31.4 Å². The second kappa shape index (κ2) is 8.84. The highest BCUT2D eigenvalue weighted by Crippen LogP contribution is 2.22. The van der Waals surface area contributed by atoms with E-state index < -0.39 is 9.84 Å². The minimum absolute atomic E-state index is 0.181. The van der Waals surface area contributed by atoms with Crippen LogP contribution in [0, 0.1) is 0 Å². The highest BCUT2D eigenvalue weighted by Gasteiger charge is 2.18. The largest absolute Gasteiger partial charge is 0.497 e. The first-order valence-corrected chi connectivity index (χ1v) is 11.7. The molecule has 1 amide bonds. The molecule has 0 saturated carbocycles. The molecule has 0 aliphatic carbocycles. The van der Waals surface area contributed by atoms with Crippen molar-refractivity contribution in [3.63, 3.8) is 0 Å². The molecule has 3 aromatic carbocycles. The van der Waals surface area contributed by atoms with Crippen molar-refractivity contribution in [2.75, 3.05) is 7.11 Å². The van der Waals surface area contributed by atoms with Gasteiger partial charge >= 0.3 is 0 Å². The number of carbonyl (C=O) groups excluding carboxylic acids is 1. The van der Waals surface area contributed by atoms with Crippen molar-refractivity contribution in [2.24, 2.45) is 0 Å². The van der Waals surface area contributed by atoms with E-state index in [1.807, 2.05) is 25.1 Å². The summed E-state index contributed by atoms with van der Waals surface area (Å²) in [4.78, 5) is 20.8. The van der Waals surface area contributed by atoms with E-state index in [1.54, 1.807) is 61.7 Å². The number of aromatic amines is 1. The predicted molar refractivity (Wildman–Crippen MR) is 122 cm³/mol. The highest BCUT2D eigenvalue weighted by molar-refractivity contribution is 7.90. The zero-order valence-electron chi connectivity index (χ0n) is 17.7. The van der Waals surface area contributed by atoms with E-state index >= 15 is 0 Å². The average Bonchev–Trinajstić information content (AvgIpc) is 3.23. The van der Waals surface area contributed by atoms with E-state index in [0.717, 1.165) is 11.0 Å². The van der Waals surface area contributed by atoms with Crippen molar-refractivity contribution in [1.29, 1.82) is 0 Å². The van der Waals surface area contributed by atoms with Crippen LogP contribution in [0.5, 0.6) is 5.75 Å². The first kappa shape index (κ1) is 21.6. The third kappa shape index (κ3) is 4.65. The molecular formula is C24H23N3O4S. The molecule has 0 radical (unpaired) electrons. The quantitative estimate of drug-likeness (QED) is 0.444. The summed E-state index contributed by atoms with van der Waals surface area (Å²) >= 11 is 0. The number of aromatic nitrogens is 2. The number of benzene rings is 3. The van der Waals surface area contributed by atoms with Gasteiger partial charge < -0.3 is 15.0 Å². The molecule has 4 rings (SSSR count). The van der Waals surface area contributed by atoms with E-state index in [-0.39, 0.29) is 22.6 Å². The lowest BCUT2D eigenvalue weighted by Gasteiger charge is -2.12. The van der Waals surface area contributed by atoms with Crippen LogP contribution >= 0.6 is 0 Å². The lowest BCUT2D eigenvalue weighted by atomic mass is 10.1. The molecule has 1 heterocycles. The Bertz CT molecular complexity index is 1360. The van der Waals surface area contributed by atoms with Gasteiger partial charge in [-0.1, -0.05) is 30.3 Å². The second-order valence-electron chi connectivity index (χ2n) is 7.47. The van der Waals surface area contributed by atoms with E-state index in [0.29, 0.717) is 22.7 Å². The fourth-order valence-electron chi connectivity index (χ4n) is 3.42. The standard InChI is InChI=1S/C24H23N3O4S/c1-16(23-26-21-12-11-19(31-2)14-22(21)27-23)25-24(28)18-8-6-7-17(13-18)15-32(29,30)20-9-4-3-5-10-20/h3-14,16H,15H2,1-2H3,(H,25,28)(H,26,27)/t16-/m1/s1. The molecular weight excluding hydrogens is 426 g/mol. The van der Waals surface area contributed by atoms with Crippen molar-refractivity contribution in [3.05, 3.63) is 89.7 Å². The maximum absolute atomic E-state index is 12.8. The average molecular weight is 450 g/mol. The number of hydrogen-bond donors (Lipinski definition) is 2. The Morgan fingerprint density at radius 2 is 1.84 bits per heavy atom. The van der Waals surface area contributed by atoms with Crippen molar-refractivity contribution in [3.8, 4) is 5.75 Å². The van der Waals surface area contributed by atoms with Gasteiger partial charge in [-0.05, 0) is 48.9 Å². The van der Waals surface area contributed by atoms with Crippen LogP contribution in [-0.2, 0) is 15.6 Å². The number of sulfone groups is 1. The van der Waals surface area contributed by atoms with Crippen LogP contribution in [0.2, 0.25) is 0 Å². The third-order valence-electron chi connectivity index (χ3n) is 5.11. The summed E-state index contributed by atoms with van der Waals surface area (Å²) in [5.41, 5.74) is 2.52. The smallest absolute Gasteiger partial charge is 0.251 e. The van der Waals surface area contributed by atoms with Gasteiger partial charge in [0.1, 0.15) is 11.6 Å².